The molecule has 1 aliphatic rings. The Hall–Kier alpha value is -2.80. The summed E-state index contributed by atoms with van der Waals surface area (Å²) in [5, 5.41) is 1.16. The Labute approximate surface area is 152 Å². The lowest BCUT2D eigenvalue weighted by atomic mass is 10.2. The van der Waals surface area contributed by atoms with Gasteiger partial charge in [-0.25, -0.2) is 4.98 Å². The Kier molecular flexibility index (Phi) is 4.62. The minimum absolute atomic E-state index is 0.00760. The van der Waals surface area contributed by atoms with Crippen molar-refractivity contribution in [3.05, 3.63) is 48.7 Å². The number of amides is 1. The standard InChI is InChI=1S/C19H23N5O2/c1-22-7-6-21-18(22)19(25)24-10-8-23(9-11-24)12-13-26-16-2-3-17-15(14-16)4-5-20-17/h2-7,14,20H,8-13H2,1H3. The highest BCUT2D eigenvalue weighted by atomic mass is 16.5. The summed E-state index contributed by atoms with van der Waals surface area (Å²) < 4.78 is 7.65. The number of aryl methyl sites for hydroxylation is 1. The van der Waals surface area contributed by atoms with E-state index in [2.05, 4.69) is 20.9 Å². The third-order valence-corrected chi connectivity index (χ3v) is 4.87. The van der Waals surface area contributed by atoms with Crippen LogP contribution in [-0.2, 0) is 7.05 Å². The van der Waals surface area contributed by atoms with Crippen molar-refractivity contribution in [1.82, 2.24) is 24.3 Å². The molecule has 0 atom stereocenters. The van der Waals surface area contributed by atoms with Gasteiger partial charge in [-0.05, 0) is 24.3 Å². The molecular formula is C19H23N5O2. The molecule has 7 heteroatoms. The molecule has 0 saturated carbocycles. The number of nitrogens with one attached hydrogen (secondary N) is 1. The van der Waals surface area contributed by atoms with Gasteiger partial charge in [-0.3, -0.25) is 9.69 Å². The van der Waals surface area contributed by atoms with Crippen molar-refractivity contribution in [2.24, 2.45) is 7.05 Å². The average Bonchev–Trinajstić information content (AvgIpc) is 3.30. The van der Waals surface area contributed by atoms with Crippen molar-refractivity contribution in [3.63, 3.8) is 0 Å². The molecule has 1 aromatic carbocycles. The second kappa shape index (κ2) is 7.21. The lowest BCUT2D eigenvalue weighted by molar-refractivity contribution is 0.0605. The first-order valence-corrected chi connectivity index (χ1v) is 8.89. The zero-order valence-corrected chi connectivity index (χ0v) is 14.9. The van der Waals surface area contributed by atoms with Crippen LogP contribution in [0.4, 0.5) is 0 Å². The molecule has 0 unspecified atom stereocenters. The quantitative estimate of drug-likeness (QED) is 0.759. The Morgan fingerprint density at radius 2 is 2.08 bits per heavy atom. The van der Waals surface area contributed by atoms with Gasteiger partial charge in [0, 0.05) is 69.3 Å². The summed E-state index contributed by atoms with van der Waals surface area (Å²) in [4.78, 5) is 24.0. The third-order valence-electron chi connectivity index (χ3n) is 4.87. The van der Waals surface area contributed by atoms with Gasteiger partial charge in [-0.15, -0.1) is 0 Å². The van der Waals surface area contributed by atoms with Gasteiger partial charge in [0.15, 0.2) is 5.82 Å². The molecule has 1 saturated heterocycles. The van der Waals surface area contributed by atoms with Gasteiger partial charge in [0.2, 0.25) is 0 Å². The highest BCUT2D eigenvalue weighted by Gasteiger charge is 2.24. The van der Waals surface area contributed by atoms with Crippen LogP contribution in [0.15, 0.2) is 42.9 Å². The first-order chi connectivity index (χ1) is 12.7. The highest BCUT2D eigenvalue weighted by molar-refractivity contribution is 5.90. The predicted molar refractivity (Wildman–Crippen MR) is 99.3 cm³/mol. The lowest BCUT2D eigenvalue weighted by Gasteiger charge is -2.34. The van der Waals surface area contributed by atoms with Gasteiger partial charge in [0.1, 0.15) is 12.4 Å². The van der Waals surface area contributed by atoms with Crippen molar-refractivity contribution in [2.45, 2.75) is 0 Å². The van der Waals surface area contributed by atoms with Crippen LogP contribution >= 0.6 is 0 Å². The Bertz CT molecular complexity index is 892. The molecule has 1 fully saturated rings. The first-order valence-electron chi connectivity index (χ1n) is 8.89. The van der Waals surface area contributed by atoms with Crippen LogP contribution in [-0.4, -0.2) is 69.6 Å². The number of rotatable bonds is 5. The number of piperazine rings is 1. The number of hydrogen-bond acceptors (Lipinski definition) is 4. The maximum atomic E-state index is 12.5. The summed E-state index contributed by atoms with van der Waals surface area (Å²) in [6.07, 6.45) is 5.39. The number of carbonyl (C=O) groups excluding carboxylic acids is 1. The van der Waals surface area contributed by atoms with Crippen molar-refractivity contribution >= 4 is 16.8 Å². The van der Waals surface area contributed by atoms with E-state index < -0.39 is 0 Å². The largest absolute Gasteiger partial charge is 0.492 e. The van der Waals surface area contributed by atoms with Gasteiger partial charge >= 0.3 is 0 Å². The van der Waals surface area contributed by atoms with E-state index >= 15 is 0 Å². The molecule has 3 heterocycles. The first kappa shape index (κ1) is 16.7. The van der Waals surface area contributed by atoms with Crippen LogP contribution in [0.5, 0.6) is 5.75 Å². The van der Waals surface area contributed by atoms with Crippen molar-refractivity contribution in [2.75, 3.05) is 39.3 Å². The average molecular weight is 353 g/mol. The molecule has 136 valence electrons. The van der Waals surface area contributed by atoms with E-state index in [-0.39, 0.29) is 5.91 Å². The van der Waals surface area contributed by atoms with E-state index in [1.165, 1.54) is 0 Å². The third kappa shape index (κ3) is 3.43. The molecule has 1 N–H and O–H groups in total. The molecule has 2 aromatic heterocycles. The molecule has 1 amide bonds. The fourth-order valence-electron chi connectivity index (χ4n) is 3.30. The zero-order chi connectivity index (χ0) is 17.9. The number of aromatic amines is 1. The Balaban J connectivity index is 1.24. The summed E-state index contributed by atoms with van der Waals surface area (Å²) >= 11 is 0. The molecule has 0 bridgehead atoms. The molecule has 7 nitrogen and oxygen atoms in total. The van der Waals surface area contributed by atoms with Crippen LogP contribution in [0.1, 0.15) is 10.6 Å². The monoisotopic (exact) mass is 353 g/mol. The second-order valence-electron chi connectivity index (χ2n) is 6.57. The summed E-state index contributed by atoms with van der Waals surface area (Å²) in [6.45, 7) is 4.66. The number of H-pyrrole nitrogens is 1. The molecule has 3 aromatic rings. The highest BCUT2D eigenvalue weighted by Crippen LogP contribution is 2.19. The van der Waals surface area contributed by atoms with Gasteiger partial charge < -0.3 is 19.2 Å². The maximum Gasteiger partial charge on any atom is 0.289 e. The van der Waals surface area contributed by atoms with Crippen LogP contribution in [0.2, 0.25) is 0 Å². The normalized spacial score (nSPS) is 15.5. The van der Waals surface area contributed by atoms with Crippen LogP contribution < -0.4 is 4.74 Å². The van der Waals surface area contributed by atoms with Gasteiger partial charge in [-0.1, -0.05) is 0 Å². The topological polar surface area (TPSA) is 66.4 Å². The summed E-state index contributed by atoms with van der Waals surface area (Å²) in [7, 11) is 1.85. The van der Waals surface area contributed by atoms with Gasteiger partial charge in [0.05, 0.1) is 0 Å². The SMILES string of the molecule is Cn1ccnc1C(=O)N1CCN(CCOc2ccc3[nH]ccc3c2)CC1. The van der Waals surface area contributed by atoms with E-state index in [9.17, 15) is 4.79 Å². The molecular weight excluding hydrogens is 330 g/mol. The fraction of sp³-hybridized carbons (Fsp3) is 0.368. The predicted octanol–water partition coefficient (Wildman–Crippen LogP) is 1.74. The Morgan fingerprint density at radius 3 is 2.85 bits per heavy atom. The summed E-state index contributed by atoms with van der Waals surface area (Å²) in [6, 6.07) is 8.12. The van der Waals surface area contributed by atoms with Crippen molar-refractivity contribution < 1.29 is 9.53 Å². The Morgan fingerprint density at radius 1 is 1.23 bits per heavy atom. The molecule has 0 aliphatic carbocycles. The smallest absolute Gasteiger partial charge is 0.289 e. The van der Waals surface area contributed by atoms with E-state index in [0.717, 1.165) is 49.4 Å². The van der Waals surface area contributed by atoms with Crippen molar-refractivity contribution in [3.8, 4) is 5.75 Å². The van der Waals surface area contributed by atoms with Gasteiger partial charge in [-0.2, -0.15) is 0 Å². The van der Waals surface area contributed by atoms with Crippen LogP contribution in [0.25, 0.3) is 10.9 Å². The lowest BCUT2D eigenvalue weighted by Crippen LogP contribution is -2.50. The molecule has 0 spiro atoms. The molecule has 1 aliphatic heterocycles. The fourth-order valence-corrected chi connectivity index (χ4v) is 3.30. The van der Waals surface area contributed by atoms with Crippen molar-refractivity contribution in [1.29, 1.82) is 0 Å². The number of nitrogens with zero attached hydrogens (tertiary/aromatic N) is 4. The minimum atomic E-state index is 0.00760. The van der Waals surface area contributed by atoms with E-state index in [1.807, 2.05) is 36.3 Å². The number of aromatic nitrogens is 3. The van der Waals surface area contributed by atoms with Crippen LogP contribution in [0, 0.1) is 0 Å². The second-order valence-corrected chi connectivity index (χ2v) is 6.57. The number of fused-ring (bicyclic) bond motifs is 1. The summed E-state index contributed by atoms with van der Waals surface area (Å²) in [5.41, 5.74) is 1.12. The minimum Gasteiger partial charge on any atom is -0.492 e. The number of ether oxygens (including phenoxy) is 1. The van der Waals surface area contributed by atoms with E-state index in [1.54, 1.807) is 17.0 Å². The van der Waals surface area contributed by atoms with E-state index in [4.69, 9.17) is 4.74 Å². The molecule has 4 rings (SSSR count). The van der Waals surface area contributed by atoms with E-state index in [0.29, 0.717) is 12.4 Å². The zero-order valence-electron chi connectivity index (χ0n) is 14.9. The number of benzene rings is 1. The maximum absolute atomic E-state index is 12.5. The van der Waals surface area contributed by atoms with Crippen LogP contribution in [0.3, 0.4) is 0 Å². The molecule has 26 heavy (non-hydrogen) atoms. The summed E-state index contributed by atoms with van der Waals surface area (Å²) in [5.74, 6) is 1.40. The number of carbonyl (C=O) groups is 1. The number of hydrogen-bond donors (Lipinski definition) is 1. The number of imidazole rings is 1. The van der Waals surface area contributed by atoms with Gasteiger partial charge in [0.25, 0.3) is 5.91 Å². The molecule has 0 radical (unpaired) electrons.